The Morgan fingerprint density at radius 1 is 1.14 bits per heavy atom. The lowest BCUT2D eigenvalue weighted by atomic mass is 9.99. The molecule has 1 unspecified atom stereocenters. The number of hydrogen-bond acceptors (Lipinski definition) is 5. The van der Waals surface area contributed by atoms with Gasteiger partial charge in [0.1, 0.15) is 5.25 Å². The maximum Gasteiger partial charge on any atom is 0.335 e. The third-order valence-electron chi connectivity index (χ3n) is 4.54. The first kappa shape index (κ1) is 22.9. The van der Waals surface area contributed by atoms with E-state index < -0.39 is 21.2 Å². The monoisotopic (exact) mass is 422 g/mol. The Kier molecular flexibility index (Phi) is 7.84. The minimum absolute atomic E-state index is 0.0420. The van der Waals surface area contributed by atoms with E-state index in [0.29, 0.717) is 31.5 Å². The summed E-state index contributed by atoms with van der Waals surface area (Å²) in [5, 5.41) is 1.88. The summed E-state index contributed by atoms with van der Waals surface area (Å²) in [5.74, 6) is -0.716. The minimum Gasteiger partial charge on any atom is -0.460 e. The van der Waals surface area contributed by atoms with Crippen LogP contribution in [0.5, 0.6) is 0 Å². The van der Waals surface area contributed by atoms with Crippen molar-refractivity contribution in [3.05, 3.63) is 41.5 Å². The number of carbonyl (C=O) groups excluding carboxylic acids is 2. The molecule has 1 atom stereocenters. The third kappa shape index (κ3) is 6.59. The zero-order valence-corrected chi connectivity index (χ0v) is 18.2. The van der Waals surface area contributed by atoms with E-state index in [0.717, 1.165) is 5.56 Å². The standard InChI is InChI=1S/C21H30N2O5S/c1-14(2)20(24)22-13-16-9-11-17(12-10-16)23-29(26,27)19-8-6-5-7-18(19)21(25)28-15(3)4/h7,9-12,14-15,19,23H,5-6,8,13H2,1-4H3,(H,22,24). The second kappa shape index (κ2) is 9.91. The minimum atomic E-state index is -3.81. The number of benzene rings is 1. The fraction of sp³-hybridized carbons (Fsp3) is 0.524. The molecule has 2 N–H and O–H groups in total. The number of sulfonamides is 1. The van der Waals surface area contributed by atoms with Crippen LogP contribution in [0.2, 0.25) is 0 Å². The van der Waals surface area contributed by atoms with Crippen molar-refractivity contribution in [3.8, 4) is 0 Å². The van der Waals surface area contributed by atoms with E-state index in [2.05, 4.69) is 10.0 Å². The van der Waals surface area contributed by atoms with Gasteiger partial charge in [-0.05, 0) is 50.8 Å². The van der Waals surface area contributed by atoms with Gasteiger partial charge in [0.15, 0.2) is 0 Å². The molecule has 0 spiro atoms. The largest absolute Gasteiger partial charge is 0.460 e. The van der Waals surface area contributed by atoms with Crippen molar-refractivity contribution in [2.45, 2.75) is 64.9 Å². The number of amides is 1. The molecular weight excluding hydrogens is 392 g/mol. The normalized spacial score (nSPS) is 17.0. The third-order valence-corrected chi connectivity index (χ3v) is 6.30. The molecule has 0 heterocycles. The fourth-order valence-electron chi connectivity index (χ4n) is 2.99. The molecule has 0 radical (unpaired) electrons. The van der Waals surface area contributed by atoms with E-state index in [9.17, 15) is 18.0 Å². The lowest BCUT2D eigenvalue weighted by molar-refractivity contribution is -0.142. The van der Waals surface area contributed by atoms with Crippen molar-refractivity contribution in [1.82, 2.24) is 5.32 Å². The number of esters is 1. The van der Waals surface area contributed by atoms with Gasteiger partial charge in [-0.2, -0.15) is 0 Å². The van der Waals surface area contributed by atoms with Crippen molar-refractivity contribution in [2.24, 2.45) is 5.92 Å². The number of rotatable bonds is 8. The smallest absolute Gasteiger partial charge is 0.335 e. The second-order valence-corrected chi connectivity index (χ2v) is 9.61. The quantitative estimate of drug-likeness (QED) is 0.627. The molecule has 7 nitrogen and oxygen atoms in total. The highest BCUT2D eigenvalue weighted by molar-refractivity contribution is 7.93. The van der Waals surface area contributed by atoms with Crippen molar-refractivity contribution in [1.29, 1.82) is 0 Å². The summed E-state index contributed by atoms with van der Waals surface area (Å²) in [4.78, 5) is 24.0. The Labute approximate surface area is 173 Å². The van der Waals surface area contributed by atoms with Crippen LogP contribution in [0, 0.1) is 5.92 Å². The molecule has 0 aromatic heterocycles. The average Bonchev–Trinajstić information content (AvgIpc) is 2.66. The van der Waals surface area contributed by atoms with Gasteiger partial charge >= 0.3 is 5.97 Å². The van der Waals surface area contributed by atoms with Gasteiger partial charge in [-0.3, -0.25) is 9.52 Å². The van der Waals surface area contributed by atoms with Gasteiger partial charge in [0.25, 0.3) is 0 Å². The SMILES string of the molecule is CC(C)OC(=O)C1=CCCCC1S(=O)(=O)Nc1ccc(CNC(=O)C(C)C)cc1. The topological polar surface area (TPSA) is 102 Å². The number of anilines is 1. The van der Waals surface area contributed by atoms with Crippen LogP contribution < -0.4 is 10.0 Å². The number of nitrogens with one attached hydrogen (secondary N) is 2. The van der Waals surface area contributed by atoms with E-state index in [-0.39, 0.29) is 23.5 Å². The molecule has 0 aliphatic heterocycles. The van der Waals surface area contributed by atoms with Crippen LogP contribution in [0.15, 0.2) is 35.9 Å². The molecule has 160 valence electrons. The summed E-state index contributed by atoms with van der Waals surface area (Å²) in [5.41, 5.74) is 1.47. The summed E-state index contributed by atoms with van der Waals surface area (Å²) >= 11 is 0. The van der Waals surface area contributed by atoms with Gasteiger partial charge in [0.05, 0.1) is 11.7 Å². The van der Waals surface area contributed by atoms with Crippen molar-refractivity contribution < 1.29 is 22.7 Å². The van der Waals surface area contributed by atoms with Crippen LogP contribution in [0.3, 0.4) is 0 Å². The van der Waals surface area contributed by atoms with Crippen LogP contribution in [-0.4, -0.2) is 31.6 Å². The Bertz CT molecular complexity index is 858. The predicted molar refractivity (Wildman–Crippen MR) is 113 cm³/mol. The second-order valence-electron chi connectivity index (χ2n) is 7.75. The highest BCUT2D eigenvalue weighted by Gasteiger charge is 2.35. The molecule has 1 aliphatic rings. The molecule has 0 saturated carbocycles. The van der Waals surface area contributed by atoms with E-state index in [1.807, 2.05) is 13.8 Å². The van der Waals surface area contributed by atoms with Gasteiger partial charge in [0.2, 0.25) is 15.9 Å². The van der Waals surface area contributed by atoms with Crippen LogP contribution in [-0.2, 0) is 30.9 Å². The Morgan fingerprint density at radius 2 is 1.79 bits per heavy atom. The summed E-state index contributed by atoms with van der Waals surface area (Å²) in [7, 11) is -3.81. The first-order valence-electron chi connectivity index (χ1n) is 9.89. The first-order chi connectivity index (χ1) is 13.6. The molecule has 2 rings (SSSR count). The average molecular weight is 423 g/mol. The van der Waals surface area contributed by atoms with Gasteiger partial charge in [-0.1, -0.05) is 32.1 Å². The molecule has 0 bridgehead atoms. The Morgan fingerprint density at radius 3 is 2.38 bits per heavy atom. The van der Waals surface area contributed by atoms with Gasteiger partial charge < -0.3 is 10.1 Å². The lowest BCUT2D eigenvalue weighted by Gasteiger charge is -2.24. The summed E-state index contributed by atoms with van der Waals surface area (Å²) in [6.07, 6.45) is 3.07. The predicted octanol–water partition coefficient (Wildman–Crippen LogP) is 3.13. The molecule has 29 heavy (non-hydrogen) atoms. The van der Waals surface area contributed by atoms with Crippen molar-refractivity contribution >= 4 is 27.6 Å². The van der Waals surface area contributed by atoms with Crippen molar-refractivity contribution in [3.63, 3.8) is 0 Å². The molecule has 1 aliphatic carbocycles. The van der Waals surface area contributed by atoms with E-state index >= 15 is 0 Å². The van der Waals surface area contributed by atoms with E-state index in [1.165, 1.54) is 0 Å². The van der Waals surface area contributed by atoms with Gasteiger partial charge in [-0.15, -0.1) is 0 Å². The summed E-state index contributed by atoms with van der Waals surface area (Å²) < 4.78 is 33.6. The zero-order valence-electron chi connectivity index (χ0n) is 17.4. The number of carbonyl (C=O) groups is 2. The molecule has 0 fully saturated rings. The summed E-state index contributed by atoms with van der Waals surface area (Å²) in [6, 6.07) is 6.80. The molecule has 0 saturated heterocycles. The van der Waals surface area contributed by atoms with Gasteiger partial charge in [-0.25, -0.2) is 13.2 Å². The molecular formula is C21H30N2O5S. The van der Waals surface area contributed by atoms with Crippen LogP contribution >= 0.6 is 0 Å². The van der Waals surface area contributed by atoms with Crippen LogP contribution in [0.4, 0.5) is 5.69 Å². The highest BCUT2D eigenvalue weighted by Crippen LogP contribution is 2.27. The lowest BCUT2D eigenvalue weighted by Crippen LogP contribution is -2.35. The molecule has 8 heteroatoms. The number of hydrogen-bond donors (Lipinski definition) is 2. The molecule has 1 amide bonds. The van der Waals surface area contributed by atoms with Crippen molar-refractivity contribution in [2.75, 3.05) is 4.72 Å². The number of ether oxygens (including phenoxy) is 1. The van der Waals surface area contributed by atoms with Crippen LogP contribution in [0.25, 0.3) is 0 Å². The Hall–Kier alpha value is -2.35. The summed E-state index contributed by atoms with van der Waals surface area (Å²) in [6.45, 7) is 7.47. The number of allylic oxidation sites excluding steroid dienone is 1. The molecule has 1 aromatic rings. The van der Waals surface area contributed by atoms with Gasteiger partial charge in [0, 0.05) is 18.2 Å². The zero-order chi connectivity index (χ0) is 21.6. The van der Waals surface area contributed by atoms with E-state index in [4.69, 9.17) is 4.74 Å². The van der Waals surface area contributed by atoms with Crippen LogP contribution in [0.1, 0.15) is 52.5 Å². The first-order valence-corrected chi connectivity index (χ1v) is 11.4. The highest BCUT2D eigenvalue weighted by atomic mass is 32.2. The maximum atomic E-state index is 12.9. The van der Waals surface area contributed by atoms with E-state index in [1.54, 1.807) is 44.2 Å². The molecule has 1 aromatic carbocycles. The maximum absolute atomic E-state index is 12.9. The Balaban J connectivity index is 2.07. The fourth-order valence-corrected chi connectivity index (χ4v) is 4.60.